The SMILES string of the molecule is C=C1CC2COC(=O)C2(Cc2ccc(OC/C=C/C(=O)OC)c(Br)c2)C1. The summed E-state index contributed by atoms with van der Waals surface area (Å²) in [6.07, 6.45) is 5.11. The summed E-state index contributed by atoms with van der Waals surface area (Å²) in [6, 6.07) is 5.79. The van der Waals surface area contributed by atoms with E-state index < -0.39 is 11.4 Å². The van der Waals surface area contributed by atoms with Crippen molar-refractivity contribution >= 4 is 27.9 Å². The Morgan fingerprint density at radius 2 is 2.31 bits per heavy atom. The molecule has 0 spiro atoms. The van der Waals surface area contributed by atoms with Gasteiger partial charge in [0.25, 0.3) is 0 Å². The van der Waals surface area contributed by atoms with Crippen molar-refractivity contribution in [3.05, 3.63) is 52.5 Å². The molecule has 2 atom stereocenters. The number of hydrogen-bond donors (Lipinski definition) is 0. The normalized spacial score (nSPS) is 24.6. The molecule has 1 heterocycles. The first kappa shape index (κ1) is 18.7. The molecule has 1 aliphatic carbocycles. The van der Waals surface area contributed by atoms with Gasteiger partial charge in [0.1, 0.15) is 12.4 Å². The van der Waals surface area contributed by atoms with Crippen LogP contribution in [-0.2, 0) is 25.5 Å². The number of fused-ring (bicyclic) bond motifs is 1. The Kier molecular flexibility index (Phi) is 5.51. The second-order valence-electron chi connectivity index (χ2n) is 6.76. The average Bonchev–Trinajstić information content (AvgIpc) is 3.07. The maximum Gasteiger partial charge on any atom is 0.330 e. The predicted octanol–water partition coefficient (Wildman–Crippen LogP) is 3.61. The van der Waals surface area contributed by atoms with E-state index in [4.69, 9.17) is 9.47 Å². The van der Waals surface area contributed by atoms with E-state index in [9.17, 15) is 9.59 Å². The minimum atomic E-state index is -0.470. The molecule has 26 heavy (non-hydrogen) atoms. The standard InChI is InChI=1S/C20H21BrO5/c1-13-8-15-12-26-19(23)20(15,10-13)11-14-5-6-17(16(21)9-14)25-7-3-4-18(22)24-2/h3-6,9,15H,1,7-8,10-12H2,2H3/b4-3+. The van der Waals surface area contributed by atoms with Crippen molar-refractivity contribution in [2.45, 2.75) is 19.3 Å². The molecule has 3 rings (SSSR count). The van der Waals surface area contributed by atoms with E-state index in [1.165, 1.54) is 13.2 Å². The molecule has 0 bridgehead atoms. The molecule has 0 N–H and O–H groups in total. The molecule has 0 radical (unpaired) electrons. The van der Waals surface area contributed by atoms with Crippen LogP contribution in [0.5, 0.6) is 5.75 Å². The molecule has 0 amide bonds. The Labute approximate surface area is 161 Å². The molecule has 138 valence electrons. The van der Waals surface area contributed by atoms with E-state index in [1.807, 2.05) is 18.2 Å². The highest BCUT2D eigenvalue weighted by molar-refractivity contribution is 9.10. The van der Waals surface area contributed by atoms with Gasteiger partial charge in [0.05, 0.1) is 23.6 Å². The van der Waals surface area contributed by atoms with Crippen LogP contribution in [0.15, 0.2) is 47.0 Å². The Bertz CT molecular complexity index is 769. The van der Waals surface area contributed by atoms with Crippen molar-refractivity contribution in [2.24, 2.45) is 11.3 Å². The first-order chi connectivity index (χ1) is 12.4. The van der Waals surface area contributed by atoms with Crippen molar-refractivity contribution in [1.82, 2.24) is 0 Å². The summed E-state index contributed by atoms with van der Waals surface area (Å²) in [6.45, 7) is 4.82. The molecule has 6 heteroatoms. The number of esters is 2. The van der Waals surface area contributed by atoms with Crippen LogP contribution >= 0.6 is 15.9 Å². The lowest BCUT2D eigenvalue weighted by Crippen LogP contribution is -2.31. The van der Waals surface area contributed by atoms with E-state index in [0.29, 0.717) is 25.2 Å². The van der Waals surface area contributed by atoms with Crippen molar-refractivity contribution in [1.29, 1.82) is 0 Å². The molecule has 2 fully saturated rings. The lowest BCUT2D eigenvalue weighted by atomic mass is 9.75. The monoisotopic (exact) mass is 420 g/mol. The van der Waals surface area contributed by atoms with Crippen molar-refractivity contribution in [3.8, 4) is 5.75 Å². The zero-order chi connectivity index (χ0) is 18.7. The van der Waals surface area contributed by atoms with Gasteiger partial charge in [0, 0.05) is 12.0 Å². The van der Waals surface area contributed by atoms with E-state index in [1.54, 1.807) is 6.08 Å². The maximum absolute atomic E-state index is 12.4. The molecule has 2 unspecified atom stereocenters. The minimum absolute atomic E-state index is 0.106. The second-order valence-corrected chi connectivity index (χ2v) is 7.61. The van der Waals surface area contributed by atoms with Crippen LogP contribution in [0.4, 0.5) is 0 Å². The Morgan fingerprint density at radius 3 is 3.04 bits per heavy atom. The van der Waals surface area contributed by atoms with Gasteiger partial charge in [-0.15, -0.1) is 0 Å². The largest absolute Gasteiger partial charge is 0.488 e. The highest BCUT2D eigenvalue weighted by Gasteiger charge is 2.55. The van der Waals surface area contributed by atoms with Crippen molar-refractivity contribution in [3.63, 3.8) is 0 Å². The molecule has 5 nitrogen and oxygen atoms in total. The first-order valence-corrected chi connectivity index (χ1v) is 9.23. The Morgan fingerprint density at radius 1 is 1.50 bits per heavy atom. The highest BCUT2D eigenvalue weighted by Crippen LogP contribution is 2.52. The van der Waals surface area contributed by atoms with E-state index >= 15 is 0 Å². The third kappa shape index (κ3) is 3.70. The molecule has 1 saturated carbocycles. The number of cyclic esters (lactones) is 1. The Hall–Kier alpha value is -2.08. The fourth-order valence-corrected chi connectivity index (χ4v) is 4.29. The molecule has 2 aliphatic rings. The van der Waals surface area contributed by atoms with Crippen LogP contribution < -0.4 is 4.74 Å². The number of carbonyl (C=O) groups excluding carboxylic acids is 2. The van der Waals surface area contributed by atoms with E-state index in [0.717, 1.165) is 22.0 Å². The first-order valence-electron chi connectivity index (χ1n) is 8.44. The van der Waals surface area contributed by atoms with E-state index in [-0.39, 0.29) is 18.5 Å². The maximum atomic E-state index is 12.4. The summed E-state index contributed by atoms with van der Waals surface area (Å²) in [5, 5.41) is 0. The number of halogens is 1. The highest BCUT2D eigenvalue weighted by atomic mass is 79.9. The molecular weight excluding hydrogens is 400 g/mol. The Balaban J connectivity index is 1.68. The molecule has 1 aliphatic heterocycles. The van der Waals surface area contributed by atoms with Crippen LogP contribution in [0.3, 0.4) is 0 Å². The fourth-order valence-electron chi connectivity index (χ4n) is 3.75. The molecule has 1 saturated heterocycles. The summed E-state index contributed by atoms with van der Waals surface area (Å²) in [4.78, 5) is 23.4. The van der Waals surface area contributed by atoms with Gasteiger partial charge >= 0.3 is 11.9 Å². The third-order valence-corrected chi connectivity index (χ3v) is 5.63. The van der Waals surface area contributed by atoms with Gasteiger partial charge in [0.15, 0.2) is 0 Å². The molecule has 1 aromatic carbocycles. The van der Waals surface area contributed by atoms with Crippen LogP contribution in [0.1, 0.15) is 18.4 Å². The van der Waals surface area contributed by atoms with Gasteiger partial charge in [-0.05, 0) is 59.0 Å². The van der Waals surface area contributed by atoms with Gasteiger partial charge in [-0.1, -0.05) is 18.2 Å². The number of hydrogen-bond acceptors (Lipinski definition) is 5. The lowest BCUT2D eigenvalue weighted by Gasteiger charge is -2.24. The number of carbonyl (C=O) groups is 2. The predicted molar refractivity (Wildman–Crippen MR) is 99.8 cm³/mol. The van der Waals surface area contributed by atoms with Crippen molar-refractivity contribution < 1.29 is 23.8 Å². The van der Waals surface area contributed by atoms with Crippen LogP contribution in [0.2, 0.25) is 0 Å². The van der Waals surface area contributed by atoms with E-state index in [2.05, 4.69) is 27.2 Å². The zero-order valence-corrected chi connectivity index (χ0v) is 16.2. The topological polar surface area (TPSA) is 61.8 Å². The molecule has 0 aromatic heterocycles. The quantitative estimate of drug-likeness (QED) is 0.399. The zero-order valence-electron chi connectivity index (χ0n) is 14.6. The number of benzene rings is 1. The fraction of sp³-hybridized carbons (Fsp3) is 0.400. The van der Waals surface area contributed by atoms with Crippen molar-refractivity contribution in [2.75, 3.05) is 20.3 Å². The summed E-state index contributed by atoms with van der Waals surface area (Å²) in [5.41, 5.74) is 1.71. The van der Waals surface area contributed by atoms with Gasteiger partial charge in [-0.2, -0.15) is 0 Å². The minimum Gasteiger partial charge on any atom is -0.488 e. The lowest BCUT2D eigenvalue weighted by molar-refractivity contribution is -0.146. The molecule has 1 aromatic rings. The summed E-state index contributed by atoms with van der Waals surface area (Å²) >= 11 is 3.51. The van der Waals surface area contributed by atoms with Crippen LogP contribution in [0, 0.1) is 11.3 Å². The third-order valence-electron chi connectivity index (χ3n) is 5.01. The van der Waals surface area contributed by atoms with Gasteiger partial charge in [-0.3, -0.25) is 4.79 Å². The number of allylic oxidation sites excluding steroid dienone is 1. The smallest absolute Gasteiger partial charge is 0.330 e. The number of rotatable bonds is 6. The van der Waals surface area contributed by atoms with Crippen LogP contribution in [-0.4, -0.2) is 32.3 Å². The van der Waals surface area contributed by atoms with Gasteiger partial charge in [-0.25, -0.2) is 4.79 Å². The number of methoxy groups -OCH3 is 1. The summed E-state index contributed by atoms with van der Waals surface area (Å²) in [5.74, 6) is 0.367. The average molecular weight is 421 g/mol. The second kappa shape index (κ2) is 7.66. The summed E-state index contributed by atoms with van der Waals surface area (Å²) in [7, 11) is 1.33. The molecular formula is C20H21BrO5. The van der Waals surface area contributed by atoms with Crippen LogP contribution in [0.25, 0.3) is 0 Å². The number of ether oxygens (including phenoxy) is 3. The summed E-state index contributed by atoms with van der Waals surface area (Å²) < 4.78 is 16.3. The van der Waals surface area contributed by atoms with Gasteiger partial charge < -0.3 is 14.2 Å². The van der Waals surface area contributed by atoms with Gasteiger partial charge in [0.2, 0.25) is 0 Å².